The van der Waals surface area contributed by atoms with Gasteiger partial charge in [0.15, 0.2) is 0 Å². The monoisotopic (exact) mass is 384 g/mol. The minimum absolute atomic E-state index is 0.146. The quantitative estimate of drug-likeness (QED) is 0.402. The van der Waals surface area contributed by atoms with Crippen LogP contribution in [0, 0.1) is 21.4 Å². The van der Waals surface area contributed by atoms with Crippen LogP contribution in [0.4, 0.5) is 5.69 Å². The van der Waals surface area contributed by atoms with Crippen LogP contribution in [0.3, 0.4) is 0 Å². The number of aromatic amines is 1. The maximum absolute atomic E-state index is 11.0. The van der Waals surface area contributed by atoms with Crippen molar-refractivity contribution in [1.29, 1.82) is 5.26 Å². The molecule has 2 aromatic carbocycles. The van der Waals surface area contributed by atoms with Gasteiger partial charge < -0.3 is 10.1 Å². The molecule has 0 bridgehead atoms. The summed E-state index contributed by atoms with van der Waals surface area (Å²) >= 11 is 3.07. The number of benzene rings is 2. The molecule has 0 atom stereocenters. The fourth-order valence-electron chi connectivity index (χ4n) is 2.21. The molecule has 1 aromatic heterocycles. The number of allylic oxidation sites excluding steroid dienone is 1. The molecular weight excluding hydrogens is 376 g/mol. The molecule has 3 aromatic rings. The Morgan fingerprint density at radius 2 is 2.17 bits per heavy atom. The first-order chi connectivity index (χ1) is 11.5. The number of nitro groups is 1. The second kappa shape index (κ2) is 6.14. The molecule has 0 amide bonds. The van der Waals surface area contributed by atoms with Gasteiger partial charge in [-0.15, -0.1) is 0 Å². The third-order valence-corrected chi connectivity index (χ3v) is 3.96. The van der Waals surface area contributed by atoms with E-state index in [0.717, 1.165) is 5.52 Å². The number of nitrogens with one attached hydrogen (secondary N) is 1. The average molecular weight is 385 g/mol. The molecule has 0 fully saturated rings. The number of nitro benzene ring substituents is 1. The van der Waals surface area contributed by atoms with Crippen molar-refractivity contribution in [3.8, 4) is 11.8 Å². The van der Waals surface area contributed by atoms with Crippen LogP contribution in [0.25, 0.3) is 22.7 Å². The Balaban J connectivity index is 2.14. The lowest BCUT2D eigenvalue weighted by Crippen LogP contribution is -1.91. The fraction of sp³-hybridized carbons (Fsp3) is 0. The van der Waals surface area contributed by atoms with Crippen molar-refractivity contribution in [2.45, 2.75) is 0 Å². The lowest BCUT2D eigenvalue weighted by atomic mass is 10.1. The molecule has 0 saturated carbocycles. The van der Waals surface area contributed by atoms with E-state index in [1.54, 1.807) is 6.07 Å². The summed E-state index contributed by atoms with van der Waals surface area (Å²) in [4.78, 5) is 17.7. The predicted molar refractivity (Wildman–Crippen MR) is 92.0 cm³/mol. The molecule has 0 aliphatic carbocycles. The molecule has 0 spiro atoms. The van der Waals surface area contributed by atoms with Crippen molar-refractivity contribution in [2.24, 2.45) is 0 Å². The van der Waals surface area contributed by atoms with Crippen LogP contribution in [0.15, 0.2) is 40.9 Å². The van der Waals surface area contributed by atoms with Gasteiger partial charge in [0.25, 0.3) is 5.69 Å². The van der Waals surface area contributed by atoms with Crippen LogP contribution >= 0.6 is 15.9 Å². The highest BCUT2D eigenvalue weighted by Crippen LogP contribution is 2.34. The number of phenols is 1. The van der Waals surface area contributed by atoms with Gasteiger partial charge in [-0.25, -0.2) is 4.98 Å². The lowest BCUT2D eigenvalue weighted by Gasteiger charge is -2.03. The van der Waals surface area contributed by atoms with E-state index in [9.17, 15) is 20.5 Å². The van der Waals surface area contributed by atoms with Crippen LogP contribution in [0.5, 0.6) is 5.75 Å². The van der Waals surface area contributed by atoms with E-state index in [1.165, 1.54) is 18.2 Å². The lowest BCUT2D eigenvalue weighted by molar-refractivity contribution is -0.385. The number of hydrogen-bond acceptors (Lipinski definition) is 5. The maximum Gasteiger partial charge on any atom is 0.271 e. The number of imidazole rings is 1. The minimum Gasteiger partial charge on any atom is -0.506 e. The van der Waals surface area contributed by atoms with Gasteiger partial charge in [-0.2, -0.15) is 5.26 Å². The summed E-state index contributed by atoms with van der Waals surface area (Å²) in [6.45, 7) is 0. The van der Waals surface area contributed by atoms with E-state index in [0.29, 0.717) is 11.3 Å². The first-order valence-corrected chi connectivity index (χ1v) is 7.52. The number of rotatable bonds is 3. The standard InChI is InChI=1S/C16H9BrN4O3/c17-12-7-11(21(23)24)6-9(15(12)22)5-10(8-18)16-19-13-3-1-2-4-14(13)20-16/h1-7,22H,(H,19,20)/b10-5+. The van der Waals surface area contributed by atoms with Gasteiger partial charge in [-0.3, -0.25) is 10.1 Å². The largest absolute Gasteiger partial charge is 0.506 e. The van der Waals surface area contributed by atoms with Crippen molar-refractivity contribution < 1.29 is 10.0 Å². The number of non-ortho nitro benzene ring substituents is 1. The van der Waals surface area contributed by atoms with E-state index < -0.39 is 4.92 Å². The third-order valence-electron chi connectivity index (χ3n) is 3.35. The number of para-hydroxylation sites is 2. The maximum atomic E-state index is 11.0. The van der Waals surface area contributed by atoms with Crippen LogP contribution < -0.4 is 0 Å². The van der Waals surface area contributed by atoms with Crippen molar-refractivity contribution in [3.63, 3.8) is 0 Å². The van der Waals surface area contributed by atoms with E-state index >= 15 is 0 Å². The number of halogens is 1. The summed E-state index contributed by atoms with van der Waals surface area (Å²) in [5.41, 5.74) is 1.55. The Bertz CT molecular complexity index is 1000. The number of nitrogens with zero attached hydrogens (tertiary/aromatic N) is 3. The molecular formula is C16H9BrN4O3. The van der Waals surface area contributed by atoms with Gasteiger partial charge in [0.1, 0.15) is 17.6 Å². The van der Waals surface area contributed by atoms with Gasteiger partial charge in [-0.1, -0.05) is 12.1 Å². The molecule has 0 aliphatic heterocycles. The molecule has 1 heterocycles. The Labute approximate surface area is 144 Å². The Morgan fingerprint density at radius 3 is 2.83 bits per heavy atom. The van der Waals surface area contributed by atoms with E-state index in [2.05, 4.69) is 25.9 Å². The van der Waals surface area contributed by atoms with E-state index in [4.69, 9.17) is 0 Å². The van der Waals surface area contributed by atoms with Gasteiger partial charge in [-0.05, 0) is 34.1 Å². The number of aromatic hydroxyl groups is 1. The fourth-order valence-corrected chi connectivity index (χ4v) is 2.67. The molecule has 3 rings (SSSR count). The molecule has 0 unspecified atom stereocenters. The van der Waals surface area contributed by atoms with Crippen LogP contribution in [0.2, 0.25) is 0 Å². The Hall–Kier alpha value is -3.18. The summed E-state index contributed by atoms with van der Waals surface area (Å²) in [6, 6.07) is 11.7. The van der Waals surface area contributed by atoms with Crippen LogP contribution in [0.1, 0.15) is 11.4 Å². The highest BCUT2D eigenvalue weighted by Gasteiger charge is 2.15. The summed E-state index contributed by atoms with van der Waals surface area (Å²) in [5, 5.41) is 30.4. The zero-order valence-corrected chi connectivity index (χ0v) is 13.6. The topological polar surface area (TPSA) is 116 Å². The van der Waals surface area contributed by atoms with E-state index in [-0.39, 0.29) is 27.0 Å². The normalized spacial score (nSPS) is 11.4. The van der Waals surface area contributed by atoms with Crippen molar-refractivity contribution in [1.82, 2.24) is 9.97 Å². The first kappa shape index (κ1) is 15.7. The number of fused-ring (bicyclic) bond motifs is 1. The van der Waals surface area contributed by atoms with Crippen LogP contribution in [-0.2, 0) is 0 Å². The first-order valence-electron chi connectivity index (χ1n) is 6.73. The van der Waals surface area contributed by atoms with E-state index in [1.807, 2.05) is 24.3 Å². The molecule has 0 radical (unpaired) electrons. The highest BCUT2D eigenvalue weighted by atomic mass is 79.9. The third kappa shape index (κ3) is 2.85. The molecule has 0 aliphatic rings. The summed E-state index contributed by atoms with van der Waals surface area (Å²) in [7, 11) is 0. The smallest absolute Gasteiger partial charge is 0.271 e. The zero-order valence-electron chi connectivity index (χ0n) is 12.0. The SMILES string of the molecule is N#C/C(=C\c1cc([N+](=O)[O-])cc(Br)c1O)c1nc2ccccc2[nH]1. The molecule has 8 heteroatoms. The summed E-state index contributed by atoms with van der Waals surface area (Å²) in [5.74, 6) is 0.130. The van der Waals surface area contributed by atoms with Crippen molar-refractivity contribution in [3.05, 3.63) is 62.4 Å². The summed E-state index contributed by atoms with van der Waals surface area (Å²) in [6.07, 6.45) is 1.35. The molecule has 7 nitrogen and oxygen atoms in total. The molecule has 0 saturated heterocycles. The zero-order chi connectivity index (χ0) is 17.3. The Morgan fingerprint density at radius 1 is 1.42 bits per heavy atom. The van der Waals surface area contributed by atoms with Crippen molar-refractivity contribution in [2.75, 3.05) is 0 Å². The average Bonchev–Trinajstić information content (AvgIpc) is 2.99. The molecule has 118 valence electrons. The van der Waals surface area contributed by atoms with Crippen molar-refractivity contribution >= 4 is 44.3 Å². The Kier molecular flexibility index (Phi) is 4.02. The second-order valence-corrected chi connectivity index (χ2v) is 5.75. The molecule has 24 heavy (non-hydrogen) atoms. The molecule has 2 N–H and O–H groups in total. The number of phenolic OH excluding ortho intramolecular Hbond substituents is 1. The van der Waals surface area contributed by atoms with Crippen LogP contribution in [-0.4, -0.2) is 20.0 Å². The minimum atomic E-state index is -0.575. The predicted octanol–water partition coefficient (Wildman–Crippen LogP) is 4.00. The second-order valence-electron chi connectivity index (χ2n) is 4.89. The van der Waals surface area contributed by atoms with Gasteiger partial charge in [0.2, 0.25) is 0 Å². The van der Waals surface area contributed by atoms with Gasteiger partial charge in [0.05, 0.1) is 26.0 Å². The number of nitriles is 1. The van der Waals surface area contributed by atoms with Gasteiger partial charge in [0, 0.05) is 17.7 Å². The van der Waals surface area contributed by atoms with Gasteiger partial charge >= 0.3 is 0 Å². The number of H-pyrrole nitrogens is 1. The summed E-state index contributed by atoms with van der Waals surface area (Å²) < 4.78 is 0.171. The highest BCUT2D eigenvalue weighted by molar-refractivity contribution is 9.10. The number of aromatic nitrogens is 2. The number of hydrogen-bond donors (Lipinski definition) is 2.